The molecule has 1 aliphatic heterocycles. The number of halogens is 1. The summed E-state index contributed by atoms with van der Waals surface area (Å²) >= 11 is 0. The maximum atomic E-state index is 16.5. The molecule has 0 radical (unpaired) electrons. The lowest BCUT2D eigenvalue weighted by Crippen LogP contribution is -2.42. The number of nitrogens with two attached hydrogens (primary N) is 1. The van der Waals surface area contributed by atoms with Gasteiger partial charge in [-0.15, -0.1) is 6.42 Å². The molecular formula is C32H37FN7O7P. The fraction of sp³-hybridized carbons (Fsp3) is 0.438. The van der Waals surface area contributed by atoms with Crippen LogP contribution in [0.3, 0.4) is 0 Å². The number of nitrogens with zero attached hydrogens (tertiary/aromatic N) is 5. The van der Waals surface area contributed by atoms with E-state index in [-0.39, 0.29) is 23.4 Å². The van der Waals surface area contributed by atoms with Gasteiger partial charge in [-0.25, -0.2) is 13.9 Å². The Labute approximate surface area is 276 Å². The van der Waals surface area contributed by atoms with Gasteiger partial charge in [-0.3, -0.25) is 13.9 Å². The van der Waals surface area contributed by atoms with Crippen molar-refractivity contribution in [2.24, 2.45) is 0 Å². The second kappa shape index (κ2) is 12.9. The van der Waals surface area contributed by atoms with E-state index in [1.165, 1.54) is 17.8 Å². The molecule has 2 aromatic carbocycles. The summed E-state index contributed by atoms with van der Waals surface area (Å²) in [6.45, 7) is 4.12. The maximum Gasteiger partial charge on any atom is 0.459 e. The number of hydrogen-bond donors (Lipinski definition) is 3. The highest BCUT2D eigenvalue weighted by atomic mass is 31.2. The summed E-state index contributed by atoms with van der Waals surface area (Å²) in [5, 5.41) is 15.2. The second-order valence-corrected chi connectivity index (χ2v) is 13.8. The van der Waals surface area contributed by atoms with Crippen molar-refractivity contribution < 1.29 is 37.4 Å². The van der Waals surface area contributed by atoms with E-state index in [0.717, 1.165) is 18.2 Å². The van der Waals surface area contributed by atoms with Gasteiger partial charge >= 0.3 is 13.7 Å². The van der Waals surface area contributed by atoms with Crippen LogP contribution in [0.5, 0.6) is 5.75 Å². The standard InChI is InChI=1S/C32H37FN7O7P/c1-6-32(33)26(41)24(46-30(32)40-17-35-25-27(39(5)21-14-15-21)36-31(34)37-28(25)40)16-44-48(43,38-19(4)29(42)45-18(2)3)47-23-13-9-11-20-10-7-8-12-22(20)23/h1,7-13,17-19,21,24,26,30,41H,14-16H2,2-5H3,(H,38,43)(H2,34,36,37)/t19-,24-,26-,30-,32-,48+/m1/s1. The van der Waals surface area contributed by atoms with Gasteiger partial charge in [-0.1, -0.05) is 42.3 Å². The van der Waals surface area contributed by atoms with Crippen LogP contribution >= 0.6 is 7.75 Å². The van der Waals surface area contributed by atoms with Crippen molar-refractivity contribution >= 4 is 47.4 Å². The van der Waals surface area contributed by atoms with E-state index in [2.05, 4.69) is 20.0 Å². The summed E-state index contributed by atoms with van der Waals surface area (Å²) < 4.78 is 55.0. The summed E-state index contributed by atoms with van der Waals surface area (Å²) in [4.78, 5) is 27.6. The average Bonchev–Trinajstić information content (AvgIpc) is 3.78. The van der Waals surface area contributed by atoms with E-state index in [0.29, 0.717) is 16.7 Å². The first-order chi connectivity index (χ1) is 22.8. The molecule has 1 saturated heterocycles. The smallest absolute Gasteiger partial charge is 0.459 e. The number of ether oxygens (including phenoxy) is 2. The van der Waals surface area contributed by atoms with Gasteiger partial charge in [0.15, 0.2) is 23.2 Å². The number of anilines is 2. The monoisotopic (exact) mass is 681 g/mol. The molecule has 2 aromatic heterocycles. The normalized spacial score (nSPS) is 24.3. The number of aromatic nitrogens is 4. The molecule has 4 aromatic rings. The van der Waals surface area contributed by atoms with Crippen LogP contribution in [0.15, 0.2) is 48.8 Å². The Hall–Kier alpha value is -4.32. The zero-order valence-corrected chi connectivity index (χ0v) is 27.7. The Morgan fingerprint density at radius 2 is 2.00 bits per heavy atom. The molecule has 254 valence electrons. The number of fused-ring (bicyclic) bond motifs is 2. The number of aliphatic hydroxyl groups excluding tert-OH is 1. The van der Waals surface area contributed by atoms with E-state index in [1.807, 2.05) is 36.1 Å². The summed E-state index contributed by atoms with van der Waals surface area (Å²) in [6.07, 6.45) is 3.42. The highest BCUT2D eigenvalue weighted by Gasteiger charge is 2.58. The number of aliphatic hydroxyl groups is 1. The second-order valence-electron chi connectivity index (χ2n) is 12.2. The van der Waals surface area contributed by atoms with Gasteiger partial charge in [0.1, 0.15) is 24.0 Å². The van der Waals surface area contributed by atoms with Crippen molar-refractivity contribution in [2.75, 3.05) is 24.3 Å². The molecule has 1 saturated carbocycles. The number of terminal acetylenes is 1. The number of carbonyl (C=O) groups is 1. The van der Waals surface area contributed by atoms with Crippen LogP contribution in [0.4, 0.5) is 16.2 Å². The topological polar surface area (TPSA) is 176 Å². The molecule has 3 heterocycles. The predicted molar refractivity (Wildman–Crippen MR) is 176 cm³/mol. The SMILES string of the molecule is C#C[C@@]1(F)[C@H](O)[C@@H](CO[P@@](=O)(N[C@H](C)C(=O)OC(C)C)Oc2cccc3ccccc23)O[C@H]1n1cnc2c(N(C)C3CC3)nc(N)nc21. The maximum absolute atomic E-state index is 16.5. The fourth-order valence-corrected chi connectivity index (χ4v) is 7.09. The lowest BCUT2D eigenvalue weighted by Gasteiger charge is -2.25. The van der Waals surface area contributed by atoms with E-state index >= 15 is 4.39 Å². The fourth-order valence-electron chi connectivity index (χ4n) is 5.57. The van der Waals surface area contributed by atoms with Crippen LogP contribution in [0.25, 0.3) is 21.9 Å². The predicted octanol–water partition coefficient (Wildman–Crippen LogP) is 3.89. The van der Waals surface area contributed by atoms with Crippen molar-refractivity contribution in [1.82, 2.24) is 24.6 Å². The number of hydrogen-bond acceptors (Lipinski definition) is 12. The molecule has 1 aliphatic carbocycles. The average molecular weight is 682 g/mol. The Morgan fingerprint density at radius 3 is 2.71 bits per heavy atom. The number of rotatable bonds is 12. The van der Waals surface area contributed by atoms with Gasteiger partial charge in [0.05, 0.1) is 19.0 Å². The van der Waals surface area contributed by atoms with Crippen LogP contribution in [0, 0.1) is 12.3 Å². The van der Waals surface area contributed by atoms with Crippen molar-refractivity contribution in [3.05, 3.63) is 48.8 Å². The molecule has 6 rings (SSSR count). The van der Waals surface area contributed by atoms with Gasteiger partial charge < -0.3 is 29.7 Å². The summed E-state index contributed by atoms with van der Waals surface area (Å²) in [6, 6.07) is 11.5. The van der Waals surface area contributed by atoms with Crippen molar-refractivity contribution in [3.8, 4) is 18.1 Å². The number of esters is 1. The van der Waals surface area contributed by atoms with Crippen molar-refractivity contribution in [3.63, 3.8) is 0 Å². The molecule has 0 amide bonds. The number of carbonyl (C=O) groups excluding carboxylic acids is 1. The van der Waals surface area contributed by atoms with Crippen LogP contribution in [-0.2, 0) is 23.4 Å². The third-order valence-corrected chi connectivity index (χ3v) is 9.83. The first kappa shape index (κ1) is 33.6. The van der Waals surface area contributed by atoms with Crippen molar-refractivity contribution in [2.45, 2.75) is 75.9 Å². The minimum atomic E-state index is -4.45. The summed E-state index contributed by atoms with van der Waals surface area (Å²) in [7, 11) is -2.59. The van der Waals surface area contributed by atoms with Gasteiger partial charge in [0.25, 0.3) is 0 Å². The van der Waals surface area contributed by atoms with Gasteiger partial charge in [-0.2, -0.15) is 15.1 Å². The molecule has 16 heteroatoms. The molecule has 4 N–H and O–H groups in total. The molecule has 2 fully saturated rings. The molecular weight excluding hydrogens is 644 g/mol. The Morgan fingerprint density at radius 1 is 1.27 bits per heavy atom. The first-order valence-electron chi connectivity index (χ1n) is 15.5. The minimum absolute atomic E-state index is 0.0712. The van der Waals surface area contributed by atoms with Crippen LogP contribution in [0.1, 0.15) is 39.8 Å². The number of benzene rings is 2. The number of nitrogens with one attached hydrogen (secondary N) is 1. The summed E-state index contributed by atoms with van der Waals surface area (Å²) in [5.41, 5.74) is 3.71. The van der Waals surface area contributed by atoms with Gasteiger partial charge in [0, 0.05) is 18.5 Å². The molecule has 0 spiro atoms. The lowest BCUT2D eigenvalue weighted by molar-refractivity contribution is -0.149. The molecule has 2 aliphatic rings. The van der Waals surface area contributed by atoms with E-state index in [1.54, 1.807) is 38.1 Å². The number of alkyl halides is 1. The third kappa shape index (κ3) is 6.42. The zero-order chi connectivity index (χ0) is 34.4. The Balaban J connectivity index is 1.29. The Kier molecular flexibility index (Phi) is 9.06. The largest absolute Gasteiger partial charge is 0.462 e. The molecule has 0 unspecified atom stereocenters. The molecule has 0 bridgehead atoms. The lowest BCUT2D eigenvalue weighted by atomic mass is 9.97. The zero-order valence-electron chi connectivity index (χ0n) is 26.8. The van der Waals surface area contributed by atoms with Gasteiger partial charge in [-0.05, 0) is 45.1 Å². The first-order valence-corrected chi connectivity index (χ1v) is 17.0. The van der Waals surface area contributed by atoms with Gasteiger partial charge in [0.2, 0.25) is 11.6 Å². The van der Waals surface area contributed by atoms with Crippen LogP contribution < -0.4 is 20.2 Å². The van der Waals surface area contributed by atoms with Crippen LogP contribution in [0.2, 0.25) is 0 Å². The molecule has 48 heavy (non-hydrogen) atoms. The number of imidazole rings is 1. The molecule has 14 nitrogen and oxygen atoms in total. The highest BCUT2D eigenvalue weighted by Crippen LogP contribution is 2.49. The van der Waals surface area contributed by atoms with Crippen molar-refractivity contribution in [1.29, 1.82) is 0 Å². The summed E-state index contributed by atoms with van der Waals surface area (Å²) in [5.74, 6) is 1.89. The highest BCUT2D eigenvalue weighted by molar-refractivity contribution is 7.52. The number of nitrogen functional groups attached to an aromatic ring is 1. The Bertz CT molecular complexity index is 1930. The van der Waals surface area contributed by atoms with E-state index in [9.17, 15) is 14.5 Å². The van der Waals surface area contributed by atoms with Crippen LogP contribution in [-0.4, -0.2) is 80.3 Å². The quantitative estimate of drug-likeness (QED) is 0.112. The minimum Gasteiger partial charge on any atom is -0.462 e. The molecule has 6 atom stereocenters. The third-order valence-electron chi connectivity index (χ3n) is 8.20. The van der Waals surface area contributed by atoms with E-state index in [4.69, 9.17) is 30.7 Å². The van der Waals surface area contributed by atoms with E-state index < -0.39 is 56.6 Å².